The van der Waals surface area contributed by atoms with Crippen LogP contribution in [0.3, 0.4) is 0 Å². The van der Waals surface area contributed by atoms with E-state index in [9.17, 15) is 0 Å². The third-order valence-electron chi connectivity index (χ3n) is 3.63. The van der Waals surface area contributed by atoms with Gasteiger partial charge in [-0.2, -0.15) is 0 Å². The van der Waals surface area contributed by atoms with Gasteiger partial charge in [-0.15, -0.1) is 11.3 Å². The molecule has 1 heterocycles. The molecule has 0 saturated heterocycles. The molecule has 0 radical (unpaired) electrons. The summed E-state index contributed by atoms with van der Waals surface area (Å²) in [7, 11) is 0. The molecule has 1 saturated carbocycles. The van der Waals surface area contributed by atoms with Crippen LogP contribution in [-0.2, 0) is 16.8 Å². The molecule has 0 spiro atoms. The molecule has 3 nitrogen and oxygen atoms in total. The number of ether oxygens (including phenoxy) is 1. The van der Waals surface area contributed by atoms with Crippen molar-refractivity contribution in [1.82, 2.24) is 4.98 Å². The highest BCUT2D eigenvalue weighted by atomic mass is 32.1. The first-order valence-corrected chi connectivity index (χ1v) is 7.65. The Hall–Kier alpha value is -0.450. The Morgan fingerprint density at radius 2 is 2.22 bits per heavy atom. The number of nitrogens with two attached hydrogens (primary N) is 1. The maximum absolute atomic E-state index is 5.99. The van der Waals surface area contributed by atoms with Gasteiger partial charge in [-0.25, -0.2) is 4.98 Å². The van der Waals surface area contributed by atoms with Gasteiger partial charge in [0.2, 0.25) is 0 Å². The van der Waals surface area contributed by atoms with Crippen molar-refractivity contribution >= 4 is 11.3 Å². The zero-order valence-electron chi connectivity index (χ0n) is 11.6. The van der Waals surface area contributed by atoms with Crippen LogP contribution in [-0.4, -0.2) is 17.6 Å². The molecule has 1 aliphatic carbocycles. The van der Waals surface area contributed by atoms with Gasteiger partial charge in [0.05, 0.1) is 18.4 Å². The van der Waals surface area contributed by atoms with Crippen LogP contribution in [0.4, 0.5) is 0 Å². The smallest absolute Gasteiger partial charge is 0.119 e. The molecule has 102 valence electrons. The Morgan fingerprint density at radius 1 is 1.44 bits per heavy atom. The maximum Gasteiger partial charge on any atom is 0.119 e. The van der Waals surface area contributed by atoms with Crippen molar-refractivity contribution in [3.63, 3.8) is 0 Å². The van der Waals surface area contributed by atoms with Crippen molar-refractivity contribution in [2.24, 2.45) is 11.7 Å². The van der Waals surface area contributed by atoms with Crippen molar-refractivity contribution < 1.29 is 4.74 Å². The summed E-state index contributed by atoms with van der Waals surface area (Å²) < 4.78 is 5.99. The van der Waals surface area contributed by atoms with Gasteiger partial charge in [0.15, 0.2) is 0 Å². The van der Waals surface area contributed by atoms with Crippen molar-refractivity contribution in [2.75, 3.05) is 6.54 Å². The molecular weight excluding hydrogens is 244 g/mol. The summed E-state index contributed by atoms with van der Waals surface area (Å²) in [5.41, 5.74) is 7.05. The lowest BCUT2D eigenvalue weighted by Crippen LogP contribution is -2.25. The molecule has 2 unspecified atom stereocenters. The SMILES string of the molecule is CC(C)(C)c1csc(COC2CCCC2CN)n1. The van der Waals surface area contributed by atoms with Crippen molar-refractivity contribution in [1.29, 1.82) is 0 Å². The summed E-state index contributed by atoms with van der Waals surface area (Å²) in [6.45, 7) is 7.95. The second-order valence-corrected chi connectivity index (χ2v) is 7.10. The number of aromatic nitrogens is 1. The first kappa shape index (κ1) is 14.0. The second-order valence-electron chi connectivity index (χ2n) is 6.15. The van der Waals surface area contributed by atoms with Gasteiger partial charge in [0.1, 0.15) is 5.01 Å². The molecule has 0 bridgehead atoms. The van der Waals surface area contributed by atoms with Crippen LogP contribution in [0.1, 0.15) is 50.7 Å². The maximum atomic E-state index is 5.99. The largest absolute Gasteiger partial charge is 0.371 e. The van der Waals surface area contributed by atoms with E-state index >= 15 is 0 Å². The van der Waals surface area contributed by atoms with Crippen LogP contribution < -0.4 is 5.73 Å². The lowest BCUT2D eigenvalue weighted by molar-refractivity contribution is 0.0181. The summed E-state index contributed by atoms with van der Waals surface area (Å²) in [5, 5.41) is 3.23. The molecule has 18 heavy (non-hydrogen) atoms. The third-order valence-corrected chi connectivity index (χ3v) is 4.46. The van der Waals surface area contributed by atoms with Crippen LogP contribution in [0.2, 0.25) is 0 Å². The summed E-state index contributed by atoms with van der Waals surface area (Å²) in [4.78, 5) is 4.66. The van der Waals surface area contributed by atoms with Gasteiger partial charge < -0.3 is 10.5 Å². The highest BCUT2D eigenvalue weighted by Crippen LogP contribution is 2.29. The summed E-state index contributed by atoms with van der Waals surface area (Å²) in [6.07, 6.45) is 3.96. The molecule has 2 atom stereocenters. The summed E-state index contributed by atoms with van der Waals surface area (Å²) in [6, 6.07) is 0. The van der Waals surface area contributed by atoms with Crippen LogP contribution in [0.15, 0.2) is 5.38 Å². The minimum absolute atomic E-state index is 0.127. The van der Waals surface area contributed by atoms with Crippen molar-refractivity contribution in [3.8, 4) is 0 Å². The molecular formula is C14H24N2OS. The van der Waals surface area contributed by atoms with Crippen molar-refractivity contribution in [3.05, 3.63) is 16.1 Å². The van der Waals surface area contributed by atoms with E-state index in [0.717, 1.165) is 23.7 Å². The summed E-state index contributed by atoms with van der Waals surface area (Å²) in [5.74, 6) is 0.548. The molecule has 1 aromatic heterocycles. The average Bonchev–Trinajstić information content (AvgIpc) is 2.94. The Kier molecular flexibility index (Phi) is 4.41. The van der Waals surface area contributed by atoms with Crippen LogP contribution >= 0.6 is 11.3 Å². The van der Waals surface area contributed by atoms with E-state index in [1.54, 1.807) is 11.3 Å². The standard InChI is InChI=1S/C14H24N2OS/c1-14(2,3)12-9-18-13(16-12)8-17-11-6-4-5-10(11)7-15/h9-11H,4-8,15H2,1-3H3. The Bertz CT molecular complexity index is 383. The Balaban J connectivity index is 1.89. The van der Waals surface area contributed by atoms with E-state index in [-0.39, 0.29) is 5.41 Å². The Morgan fingerprint density at radius 3 is 2.83 bits per heavy atom. The number of hydrogen-bond acceptors (Lipinski definition) is 4. The highest BCUT2D eigenvalue weighted by molar-refractivity contribution is 7.09. The van der Waals surface area contributed by atoms with Gasteiger partial charge in [0, 0.05) is 10.8 Å². The number of hydrogen-bond donors (Lipinski definition) is 1. The fourth-order valence-corrected chi connectivity index (χ4v) is 3.33. The van der Waals surface area contributed by atoms with E-state index in [0.29, 0.717) is 18.6 Å². The highest BCUT2D eigenvalue weighted by Gasteiger charge is 2.27. The van der Waals surface area contributed by atoms with Crippen molar-refractivity contribution in [2.45, 2.75) is 58.2 Å². The molecule has 0 amide bonds. The van der Waals surface area contributed by atoms with Gasteiger partial charge in [0.25, 0.3) is 0 Å². The van der Waals surface area contributed by atoms with Crippen LogP contribution in [0, 0.1) is 5.92 Å². The second kappa shape index (κ2) is 5.68. The average molecular weight is 268 g/mol. The first-order chi connectivity index (χ1) is 8.50. The molecule has 4 heteroatoms. The van der Waals surface area contributed by atoms with E-state index in [2.05, 4.69) is 31.1 Å². The Labute approximate surface area is 114 Å². The van der Waals surface area contributed by atoms with Gasteiger partial charge in [-0.3, -0.25) is 0 Å². The fourth-order valence-electron chi connectivity index (χ4n) is 2.39. The van der Waals surface area contributed by atoms with Crippen LogP contribution in [0.5, 0.6) is 0 Å². The molecule has 1 aromatic rings. The first-order valence-electron chi connectivity index (χ1n) is 6.77. The molecule has 2 rings (SSSR count). The number of rotatable bonds is 4. The molecule has 2 N–H and O–H groups in total. The lowest BCUT2D eigenvalue weighted by atomic mass is 9.93. The predicted molar refractivity (Wildman–Crippen MR) is 75.8 cm³/mol. The quantitative estimate of drug-likeness (QED) is 0.913. The normalized spacial score (nSPS) is 24.7. The minimum atomic E-state index is 0.127. The zero-order chi connectivity index (χ0) is 13.2. The fraction of sp³-hybridized carbons (Fsp3) is 0.786. The van der Waals surface area contributed by atoms with E-state index in [4.69, 9.17) is 10.5 Å². The summed E-state index contributed by atoms with van der Waals surface area (Å²) >= 11 is 1.70. The van der Waals surface area contributed by atoms with Crippen LogP contribution in [0.25, 0.3) is 0 Å². The van der Waals surface area contributed by atoms with E-state index in [1.807, 2.05) is 0 Å². The van der Waals surface area contributed by atoms with Gasteiger partial charge >= 0.3 is 0 Å². The molecule has 0 aromatic carbocycles. The van der Waals surface area contributed by atoms with E-state index < -0.39 is 0 Å². The lowest BCUT2D eigenvalue weighted by Gasteiger charge is -2.18. The predicted octanol–water partition coefficient (Wildman–Crippen LogP) is 3.08. The van der Waals surface area contributed by atoms with Gasteiger partial charge in [-0.1, -0.05) is 27.2 Å². The van der Waals surface area contributed by atoms with E-state index in [1.165, 1.54) is 12.8 Å². The zero-order valence-corrected chi connectivity index (χ0v) is 12.4. The minimum Gasteiger partial charge on any atom is -0.371 e. The third kappa shape index (κ3) is 3.31. The topological polar surface area (TPSA) is 48.1 Å². The molecule has 1 aliphatic rings. The number of thiazole rings is 1. The number of nitrogens with zero attached hydrogens (tertiary/aromatic N) is 1. The van der Waals surface area contributed by atoms with Gasteiger partial charge in [-0.05, 0) is 25.3 Å². The molecule has 1 fully saturated rings. The monoisotopic (exact) mass is 268 g/mol. The molecule has 0 aliphatic heterocycles.